The van der Waals surface area contributed by atoms with Crippen LogP contribution in [0, 0.1) is 27.7 Å². The SMILES string of the molecule is O=[N+]([O-])c1cc(F)c(F)nc1NCc1ccc(F)cc1. The van der Waals surface area contributed by atoms with E-state index in [-0.39, 0.29) is 6.54 Å². The van der Waals surface area contributed by atoms with Crippen molar-refractivity contribution in [1.29, 1.82) is 0 Å². The smallest absolute Gasteiger partial charge is 0.314 e. The van der Waals surface area contributed by atoms with E-state index < -0.39 is 34.0 Å². The van der Waals surface area contributed by atoms with Crippen molar-refractivity contribution in [2.75, 3.05) is 5.32 Å². The van der Waals surface area contributed by atoms with Crippen molar-refractivity contribution in [3.05, 3.63) is 63.6 Å². The minimum absolute atomic E-state index is 0.0548. The van der Waals surface area contributed by atoms with Crippen LogP contribution < -0.4 is 5.32 Å². The molecular formula is C12H8F3N3O2. The maximum atomic E-state index is 13.0. The zero-order valence-corrected chi connectivity index (χ0v) is 9.94. The summed E-state index contributed by atoms with van der Waals surface area (Å²) in [5, 5.41) is 13.2. The highest BCUT2D eigenvalue weighted by atomic mass is 19.2. The molecule has 0 bridgehead atoms. The Kier molecular flexibility index (Phi) is 3.83. The van der Waals surface area contributed by atoms with Crippen molar-refractivity contribution in [1.82, 2.24) is 4.98 Å². The molecular weight excluding hydrogens is 275 g/mol. The van der Waals surface area contributed by atoms with Gasteiger partial charge in [-0.3, -0.25) is 10.1 Å². The molecule has 5 nitrogen and oxygen atoms in total. The fraction of sp³-hybridized carbons (Fsp3) is 0.0833. The zero-order valence-electron chi connectivity index (χ0n) is 9.94. The van der Waals surface area contributed by atoms with E-state index in [1.54, 1.807) is 0 Å². The molecule has 0 saturated heterocycles. The predicted molar refractivity (Wildman–Crippen MR) is 64.5 cm³/mol. The number of halogens is 3. The van der Waals surface area contributed by atoms with Gasteiger partial charge < -0.3 is 5.32 Å². The molecule has 1 aromatic heterocycles. The van der Waals surface area contributed by atoms with Crippen molar-refractivity contribution in [3.63, 3.8) is 0 Å². The Bertz CT molecular complexity index is 647. The van der Waals surface area contributed by atoms with E-state index in [2.05, 4.69) is 10.3 Å². The molecule has 0 aliphatic carbocycles. The minimum atomic E-state index is -1.43. The highest BCUT2D eigenvalue weighted by molar-refractivity contribution is 5.55. The zero-order chi connectivity index (χ0) is 14.7. The standard InChI is InChI=1S/C12H8F3N3O2/c13-8-3-1-7(2-4-8)6-16-12-10(18(19)20)5-9(14)11(15)17-12/h1-5H,6H2,(H,16,17). The minimum Gasteiger partial charge on any atom is -0.360 e. The molecule has 0 saturated carbocycles. The average Bonchev–Trinajstić information content (AvgIpc) is 2.41. The van der Waals surface area contributed by atoms with Crippen LogP contribution in [0.3, 0.4) is 0 Å². The molecule has 0 aliphatic heterocycles. The van der Waals surface area contributed by atoms with Gasteiger partial charge in [0, 0.05) is 6.54 Å². The van der Waals surface area contributed by atoms with Crippen LogP contribution in [0.5, 0.6) is 0 Å². The van der Waals surface area contributed by atoms with E-state index in [0.717, 1.165) is 0 Å². The number of anilines is 1. The van der Waals surface area contributed by atoms with E-state index in [1.165, 1.54) is 24.3 Å². The second-order valence-electron chi connectivity index (χ2n) is 3.87. The van der Waals surface area contributed by atoms with Gasteiger partial charge in [-0.1, -0.05) is 12.1 Å². The highest BCUT2D eigenvalue weighted by Gasteiger charge is 2.20. The lowest BCUT2D eigenvalue weighted by Crippen LogP contribution is -2.07. The first-order valence-electron chi connectivity index (χ1n) is 5.46. The number of hydrogen-bond donors (Lipinski definition) is 1. The molecule has 0 fully saturated rings. The van der Waals surface area contributed by atoms with Gasteiger partial charge in [-0.2, -0.15) is 9.37 Å². The quantitative estimate of drug-likeness (QED) is 0.532. The van der Waals surface area contributed by atoms with E-state index in [0.29, 0.717) is 11.6 Å². The van der Waals surface area contributed by atoms with Gasteiger partial charge in [0.1, 0.15) is 5.82 Å². The summed E-state index contributed by atoms with van der Waals surface area (Å²) in [5.41, 5.74) is -0.0711. The molecule has 8 heteroatoms. The Morgan fingerprint density at radius 2 is 1.85 bits per heavy atom. The molecule has 2 aromatic rings. The van der Waals surface area contributed by atoms with Gasteiger partial charge in [0.15, 0.2) is 5.82 Å². The lowest BCUT2D eigenvalue weighted by Gasteiger charge is -2.06. The maximum Gasteiger partial charge on any atom is 0.314 e. The predicted octanol–water partition coefficient (Wildman–Crippen LogP) is 3.02. The van der Waals surface area contributed by atoms with Crippen molar-refractivity contribution >= 4 is 11.5 Å². The molecule has 1 aromatic carbocycles. The molecule has 0 aliphatic rings. The number of benzene rings is 1. The van der Waals surface area contributed by atoms with Crippen LogP contribution in [0.2, 0.25) is 0 Å². The molecule has 0 amide bonds. The highest BCUT2D eigenvalue weighted by Crippen LogP contribution is 2.24. The Balaban J connectivity index is 2.22. The van der Waals surface area contributed by atoms with Gasteiger partial charge in [0.25, 0.3) is 5.95 Å². The molecule has 20 heavy (non-hydrogen) atoms. The lowest BCUT2D eigenvalue weighted by molar-refractivity contribution is -0.384. The summed E-state index contributed by atoms with van der Waals surface area (Å²) in [6.07, 6.45) is 0. The maximum absolute atomic E-state index is 13.0. The van der Waals surface area contributed by atoms with E-state index in [1.807, 2.05) is 0 Å². The third-order valence-electron chi connectivity index (χ3n) is 2.48. The second-order valence-corrected chi connectivity index (χ2v) is 3.87. The Hall–Kier alpha value is -2.64. The second kappa shape index (κ2) is 5.55. The van der Waals surface area contributed by atoms with E-state index in [9.17, 15) is 23.3 Å². The fourth-order valence-electron chi connectivity index (χ4n) is 1.51. The van der Waals surface area contributed by atoms with Crippen molar-refractivity contribution in [3.8, 4) is 0 Å². The van der Waals surface area contributed by atoms with Gasteiger partial charge in [-0.15, -0.1) is 0 Å². The number of nitrogens with zero attached hydrogens (tertiary/aromatic N) is 2. The molecule has 0 unspecified atom stereocenters. The molecule has 1 heterocycles. The summed E-state index contributed by atoms with van der Waals surface area (Å²) in [7, 11) is 0. The summed E-state index contributed by atoms with van der Waals surface area (Å²) < 4.78 is 38.6. The van der Waals surface area contributed by atoms with Gasteiger partial charge in [-0.25, -0.2) is 8.78 Å². The first-order valence-corrected chi connectivity index (χ1v) is 5.46. The van der Waals surface area contributed by atoms with Crippen molar-refractivity contribution in [2.24, 2.45) is 0 Å². The van der Waals surface area contributed by atoms with Crippen LogP contribution in [-0.2, 0) is 6.54 Å². The third kappa shape index (κ3) is 3.02. The number of nitro groups is 1. The van der Waals surface area contributed by atoms with Gasteiger partial charge >= 0.3 is 5.69 Å². The number of pyridine rings is 1. The van der Waals surface area contributed by atoms with Gasteiger partial charge in [0.2, 0.25) is 5.82 Å². The van der Waals surface area contributed by atoms with E-state index in [4.69, 9.17) is 0 Å². The van der Waals surface area contributed by atoms with Crippen LogP contribution in [-0.4, -0.2) is 9.91 Å². The van der Waals surface area contributed by atoms with Gasteiger partial charge in [-0.05, 0) is 17.7 Å². The normalized spacial score (nSPS) is 10.3. The van der Waals surface area contributed by atoms with Crippen LogP contribution >= 0.6 is 0 Å². The van der Waals surface area contributed by atoms with Crippen LogP contribution in [0.25, 0.3) is 0 Å². The van der Waals surface area contributed by atoms with Crippen LogP contribution in [0.4, 0.5) is 24.7 Å². The van der Waals surface area contributed by atoms with Crippen LogP contribution in [0.1, 0.15) is 5.56 Å². The molecule has 0 spiro atoms. The Morgan fingerprint density at radius 1 is 1.20 bits per heavy atom. The largest absolute Gasteiger partial charge is 0.360 e. The summed E-state index contributed by atoms with van der Waals surface area (Å²) in [6, 6.07) is 5.78. The molecule has 0 atom stereocenters. The molecule has 1 N–H and O–H groups in total. The van der Waals surface area contributed by atoms with Crippen molar-refractivity contribution in [2.45, 2.75) is 6.54 Å². The summed E-state index contributed by atoms with van der Waals surface area (Å²) in [5.74, 6) is -3.65. The first kappa shape index (κ1) is 13.8. The third-order valence-corrected chi connectivity index (χ3v) is 2.48. The van der Waals surface area contributed by atoms with Crippen LogP contribution in [0.15, 0.2) is 30.3 Å². The number of nitrogens with one attached hydrogen (secondary N) is 1. The first-order chi connectivity index (χ1) is 9.47. The number of aromatic nitrogens is 1. The fourth-order valence-corrected chi connectivity index (χ4v) is 1.51. The summed E-state index contributed by atoms with van der Waals surface area (Å²) in [4.78, 5) is 13.0. The Morgan fingerprint density at radius 3 is 2.45 bits per heavy atom. The van der Waals surface area contributed by atoms with Crippen molar-refractivity contribution < 1.29 is 18.1 Å². The van der Waals surface area contributed by atoms with E-state index >= 15 is 0 Å². The molecule has 104 valence electrons. The number of rotatable bonds is 4. The molecule has 0 radical (unpaired) electrons. The average molecular weight is 283 g/mol. The number of hydrogen-bond acceptors (Lipinski definition) is 4. The lowest BCUT2D eigenvalue weighted by atomic mass is 10.2. The monoisotopic (exact) mass is 283 g/mol. The topological polar surface area (TPSA) is 68.1 Å². The van der Waals surface area contributed by atoms with Gasteiger partial charge in [0.05, 0.1) is 11.0 Å². The molecule has 2 rings (SSSR count). The summed E-state index contributed by atoms with van der Waals surface area (Å²) in [6.45, 7) is 0.0548. The summed E-state index contributed by atoms with van der Waals surface area (Å²) >= 11 is 0. The Labute approximate surface area is 111 Å².